The smallest absolute Gasteiger partial charge is 0.181 e. The summed E-state index contributed by atoms with van der Waals surface area (Å²) in [6.07, 6.45) is 2.91. The van der Waals surface area contributed by atoms with Gasteiger partial charge in [0.25, 0.3) is 0 Å². The van der Waals surface area contributed by atoms with E-state index in [2.05, 4.69) is 4.98 Å². The number of aromatic nitrogens is 1. The lowest BCUT2D eigenvalue weighted by molar-refractivity contribution is 0.572. The van der Waals surface area contributed by atoms with Gasteiger partial charge in [-0.25, -0.2) is 13.4 Å². The molecule has 72 valence electrons. The maximum atomic E-state index is 10.6. The first-order valence-corrected chi connectivity index (χ1v) is 5.08. The lowest BCUT2D eigenvalue weighted by Crippen LogP contribution is -1.80. The van der Waals surface area contributed by atoms with Crippen LogP contribution in [0.4, 0.5) is 0 Å². The summed E-state index contributed by atoms with van der Waals surface area (Å²) >= 11 is 0. The van der Waals surface area contributed by atoms with Gasteiger partial charge in [0.05, 0.1) is 11.1 Å². The van der Waals surface area contributed by atoms with Crippen LogP contribution in [0, 0.1) is 0 Å². The molecule has 0 unspecified atom stereocenters. The van der Waals surface area contributed by atoms with Gasteiger partial charge in [-0.3, -0.25) is 0 Å². The third-order valence-electron chi connectivity index (χ3n) is 1.79. The first kappa shape index (κ1) is 8.96. The van der Waals surface area contributed by atoms with E-state index in [1.807, 2.05) is 0 Å². The minimum atomic E-state index is -2.51. The maximum Gasteiger partial charge on any atom is 0.181 e. The van der Waals surface area contributed by atoms with Crippen LogP contribution in [0.2, 0.25) is 0 Å². The van der Waals surface area contributed by atoms with Gasteiger partial charge in [-0.2, -0.15) is 0 Å². The molecule has 0 N–H and O–H groups in total. The third-order valence-corrected chi connectivity index (χ3v) is 2.51. The molecule has 1 aromatic heterocycles. The minimum absolute atomic E-state index is 0.295. The van der Waals surface area contributed by atoms with Crippen LogP contribution in [0.1, 0.15) is 0 Å². The predicted molar refractivity (Wildman–Crippen MR) is 50.5 cm³/mol. The fraction of sp³-hybridized carbons (Fsp3) is 0. The zero-order valence-electron chi connectivity index (χ0n) is 7.08. The molecule has 0 spiro atoms. The Kier molecular flexibility index (Phi) is 2.32. The summed E-state index contributed by atoms with van der Waals surface area (Å²) in [5.41, 5.74) is 0.808. The second-order valence-electron chi connectivity index (χ2n) is 2.67. The first-order chi connectivity index (χ1) is 6.77. The van der Waals surface area contributed by atoms with Crippen molar-refractivity contribution >= 4 is 10.7 Å². The molecule has 4 nitrogen and oxygen atoms in total. The van der Waals surface area contributed by atoms with Gasteiger partial charge in [-0.15, -0.1) is 0 Å². The Morgan fingerprint density at radius 2 is 1.86 bits per heavy atom. The summed E-state index contributed by atoms with van der Waals surface area (Å²) in [5, 5.41) is 0. The molecular weight excluding hydrogens is 202 g/mol. The number of benzene rings is 1. The number of hydrogen-bond donors (Lipinski definition) is 1. The van der Waals surface area contributed by atoms with Crippen LogP contribution in [0.3, 0.4) is 0 Å². The number of nitrogens with zero attached hydrogens (tertiary/aromatic N) is 1. The summed E-state index contributed by atoms with van der Waals surface area (Å²) in [4.78, 5) is 4.06. The molecular formula is C9H7NO3S. The number of hydrogen-bond acceptors (Lipinski definition) is 4. The van der Waals surface area contributed by atoms with Crippen molar-refractivity contribution in [1.29, 1.82) is 0 Å². The SMILES string of the molecule is O=[SH](=O)c1ccc(-c2cnco2)cc1. The van der Waals surface area contributed by atoms with Crippen LogP contribution in [-0.2, 0) is 10.7 Å². The van der Waals surface area contributed by atoms with E-state index in [0.717, 1.165) is 5.56 Å². The highest BCUT2D eigenvalue weighted by atomic mass is 32.2. The number of oxazole rings is 1. The van der Waals surface area contributed by atoms with Crippen molar-refractivity contribution in [3.8, 4) is 11.3 Å². The molecule has 0 amide bonds. The molecule has 2 aromatic rings. The van der Waals surface area contributed by atoms with Crippen molar-refractivity contribution in [3.05, 3.63) is 36.9 Å². The molecule has 0 saturated carbocycles. The Balaban J connectivity index is 2.40. The zero-order valence-corrected chi connectivity index (χ0v) is 7.98. The van der Waals surface area contributed by atoms with E-state index in [4.69, 9.17) is 4.42 Å². The molecule has 1 heterocycles. The Hall–Kier alpha value is -1.62. The molecule has 14 heavy (non-hydrogen) atoms. The zero-order chi connectivity index (χ0) is 9.97. The van der Waals surface area contributed by atoms with Gasteiger partial charge in [0.1, 0.15) is 0 Å². The predicted octanol–water partition coefficient (Wildman–Crippen LogP) is 1.31. The van der Waals surface area contributed by atoms with Gasteiger partial charge >= 0.3 is 0 Å². The van der Waals surface area contributed by atoms with Crippen LogP contribution in [0.5, 0.6) is 0 Å². The molecule has 2 rings (SSSR count). The average Bonchev–Trinajstić information content (AvgIpc) is 2.71. The van der Waals surface area contributed by atoms with E-state index in [0.29, 0.717) is 10.7 Å². The van der Waals surface area contributed by atoms with Crippen molar-refractivity contribution in [2.24, 2.45) is 0 Å². The lowest BCUT2D eigenvalue weighted by atomic mass is 10.2. The quantitative estimate of drug-likeness (QED) is 0.757. The van der Waals surface area contributed by atoms with Crippen molar-refractivity contribution < 1.29 is 12.8 Å². The van der Waals surface area contributed by atoms with E-state index in [9.17, 15) is 8.42 Å². The molecule has 1 aromatic carbocycles. The minimum Gasteiger partial charge on any atom is -0.444 e. The topological polar surface area (TPSA) is 60.2 Å². The largest absolute Gasteiger partial charge is 0.444 e. The molecule has 0 radical (unpaired) electrons. The highest BCUT2D eigenvalue weighted by molar-refractivity contribution is 7.72. The highest BCUT2D eigenvalue weighted by Gasteiger charge is 2.01. The molecule has 0 aliphatic heterocycles. The average molecular weight is 209 g/mol. The Morgan fingerprint density at radius 3 is 2.36 bits per heavy atom. The fourth-order valence-electron chi connectivity index (χ4n) is 1.11. The summed E-state index contributed by atoms with van der Waals surface area (Å²) < 4.78 is 26.3. The number of thiol groups is 1. The summed E-state index contributed by atoms with van der Waals surface area (Å²) in [6.45, 7) is 0. The molecule has 0 fully saturated rings. The van der Waals surface area contributed by atoms with Crippen LogP contribution < -0.4 is 0 Å². The van der Waals surface area contributed by atoms with Gasteiger partial charge in [-0.05, 0) is 24.3 Å². The van der Waals surface area contributed by atoms with E-state index >= 15 is 0 Å². The maximum absolute atomic E-state index is 10.6. The van der Waals surface area contributed by atoms with Gasteiger partial charge in [0.2, 0.25) is 0 Å². The van der Waals surface area contributed by atoms with Crippen molar-refractivity contribution in [2.45, 2.75) is 4.90 Å². The fourth-order valence-corrected chi connectivity index (χ4v) is 1.50. The second-order valence-corrected chi connectivity index (χ2v) is 3.70. The van der Waals surface area contributed by atoms with Crippen LogP contribution in [0.25, 0.3) is 11.3 Å². The van der Waals surface area contributed by atoms with E-state index < -0.39 is 10.7 Å². The summed E-state index contributed by atoms with van der Waals surface area (Å²) in [7, 11) is -2.51. The normalized spacial score (nSPS) is 10.6. The third kappa shape index (κ3) is 1.67. The molecule has 0 atom stereocenters. The molecule has 0 aliphatic carbocycles. The number of rotatable bonds is 2. The second kappa shape index (κ2) is 3.63. The Labute approximate surface area is 82.2 Å². The van der Waals surface area contributed by atoms with Crippen molar-refractivity contribution in [2.75, 3.05) is 0 Å². The molecule has 5 heteroatoms. The van der Waals surface area contributed by atoms with Crippen molar-refractivity contribution in [1.82, 2.24) is 4.98 Å². The monoisotopic (exact) mass is 209 g/mol. The van der Waals surface area contributed by atoms with Gasteiger partial charge in [0, 0.05) is 5.56 Å². The van der Waals surface area contributed by atoms with E-state index in [1.165, 1.54) is 18.5 Å². The van der Waals surface area contributed by atoms with Gasteiger partial charge in [-0.1, -0.05) is 0 Å². The van der Waals surface area contributed by atoms with Crippen LogP contribution in [0.15, 0.2) is 46.2 Å². The standard InChI is InChI=1S/C9H7NO3S/c11-14(12)8-3-1-7(2-4-8)9-5-10-6-13-9/h1-6,14H. The van der Waals surface area contributed by atoms with Gasteiger partial charge < -0.3 is 4.42 Å². The highest BCUT2D eigenvalue weighted by Crippen LogP contribution is 2.18. The molecule has 0 aliphatic rings. The van der Waals surface area contributed by atoms with Crippen LogP contribution >= 0.6 is 0 Å². The lowest BCUT2D eigenvalue weighted by Gasteiger charge is -1.95. The van der Waals surface area contributed by atoms with E-state index in [1.54, 1.807) is 18.3 Å². The summed E-state index contributed by atoms with van der Waals surface area (Å²) in [6, 6.07) is 6.43. The first-order valence-electron chi connectivity index (χ1n) is 3.91. The van der Waals surface area contributed by atoms with Crippen LogP contribution in [-0.4, -0.2) is 13.4 Å². The van der Waals surface area contributed by atoms with E-state index in [-0.39, 0.29) is 0 Å². The molecule has 0 saturated heterocycles. The Bertz CT molecular complexity index is 477. The summed E-state index contributed by atoms with van der Waals surface area (Å²) in [5.74, 6) is 0.623. The van der Waals surface area contributed by atoms with Crippen molar-refractivity contribution in [3.63, 3.8) is 0 Å². The molecule has 0 bridgehead atoms. The van der Waals surface area contributed by atoms with Gasteiger partial charge in [0.15, 0.2) is 22.9 Å². The Morgan fingerprint density at radius 1 is 1.14 bits per heavy atom.